The third-order valence-corrected chi connectivity index (χ3v) is 3.89. The fourth-order valence-corrected chi connectivity index (χ4v) is 2.43. The summed E-state index contributed by atoms with van der Waals surface area (Å²) in [4.78, 5) is 25.4. The van der Waals surface area contributed by atoms with E-state index in [2.05, 4.69) is 11.8 Å². The second-order valence-electron chi connectivity index (χ2n) is 5.45. The molecule has 3 rings (SSSR count). The maximum Gasteiger partial charge on any atom is 0.302 e. The van der Waals surface area contributed by atoms with Gasteiger partial charge in [-0.2, -0.15) is 0 Å². The van der Waals surface area contributed by atoms with Crippen LogP contribution in [0.4, 0.5) is 5.69 Å². The molecule has 1 heterocycles. The molecule has 0 N–H and O–H groups in total. The zero-order valence-electron chi connectivity index (χ0n) is 13.5. The van der Waals surface area contributed by atoms with Gasteiger partial charge < -0.3 is 9.47 Å². The number of carbonyl (C=O) groups is 1. The number of carbonyl (C=O) groups excluding carboxylic acids is 1. The monoisotopic (exact) mass is 316 g/mol. The highest BCUT2D eigenvalue weighted by molar-refractivity contribution is 6.06. The lowest BCUT2D eigenvalue weighted by Gasteiger charge is -2.15. The van der Waals surface area contributed by atoms with Crippen LogP contribution in [0.2, 0.25) is 0 Å². The zero-order chi connectivity index (χ0) is 17.1. The minimum Gasteiger partial charge on any atom is -0.311 e. The number of pyridine rings is 1. The first-order chi connectivity index (χ1) is 11.6. The van der Waals surface area contributed by atoms with E-state index in [1.165, 1.54) is 11.0 Å². The van der Waals surface area contributed by atoms with E-state index < -0.39 is 0 Å². The standard InChI is InChI=1S/C20H16N2O2/c1-21(19(23)12-8-15-6-4-3-5-7-15)17-10-11-18-16(14-17)9-13-20(24)22(18)2/h3-7,9-11,13-14H,1-2H3. The Labute approximate surface area is 140 Å². The van der Waals surface area contributed by atoms with Crippen molar-refractivity contribution in [1.82, 2.24) is 4.57 Å². The number of anilines is 1. The summed E-state index contributed by atoms with van der Waals surface area (Å²) in [5.41, 5.74) is 2.29. The summed E-state index contributed by atoms with van der Waals surface area (Å²) in [6.45, 7) is 0. The maximum absolute atomic E-state index is 12.3. The average Bonchev–Trinajstić information content (AvgIpc) is 2.62. The SMILES string of the molecule is CN(C(=O)C#Cc1ccccc1)c1ccc2c(ccc(=O)n2C)c1. The number of rotatable bonds is 1. The van der Waals surface area contributed by atoms with Crippen LogP contribution in [0, 0.1) is 11.8 Å². The molecule has 0 fully saturated rings. The third kappa shape index (κ3) is 3.06. The molecule has 118 valence electrons. The molecule has 0 radical (unpaired) electrons. The minimum absolute atomic E-state index is 0.0617. The minimum atomic E-state index is -0.289. The Morgan fingerprint density at radius 1 is 1.04 bits per heavy atom. The summed E-state index contributed by atoms with van der Waals surface area (Å²) >= 11 is 0. The van der Waals surface area contributed by atoms with E-state index in [-0.39, 0.29) is 11.5 Å². The Morgan fingerprint density at radius 3 is 2.54 bits per heavy atom. The molecule has 2 aromatic carbocycles. The largest absolute Gasteiger partial charge is 0.311 e. The molecule has 4 nitrogen and oxygen atoms in total. The van der Waals surface area contributed by atoms with Gasteiger partial charge in [0.25, 0.3) is 5.56 Å². The van der Waals surface area contributed by atoms with Gasteiger partial charge in [-0.05, 0) is 36.4 Å². The van der Waals surface area contributed by atoms with E-state index in [9.17, 15) is 9.59 Å². The van der Waals surface area contributed by atoms with Gasteiger partial charge in [-0.1, -0.05) is 24.1 Å². The van der Waals surface area contributed by atoms with Gasteiger partial charge in [0, 0.05) is 42.7 Å². The summed E-state index contributed by atoms with van der Waals surface area (Å²) in [7, 11) is 3.41. The van der Waals surface area contributed by atoms with Crippen molar-refractivity contribution in [3.63, 3.8) is 0 Å². The molecule has 0 aliphatic heterocycles. The Bertz CT molecular complexity index is 1020. The number of hydrogen-bond donors (Lipinski definition) is 0. The van der Waals surface area contributed by atoms with Gasteiger partial charge in [0.15, 0.2) is 0 Å². The van der Waals surface area contributed by atoms with Gasteiger partial charge in [0.05, 0.1) is 5.52 Å². The Morgan fingerprint density at radius 2 is 1.79 bits per heavy atom. The molecule has 1 amide bonds. The van der Waals surface area contributed by atoms with Crippen LogP contribution in [0.15, 0.2) is 65.5 Å². The topological polar surface area (TPSA) is 42.3 Å². The Hall–Kier alpha value is -3.32. The summed E-state index contributed by atoms with van der Waals surface area (Å²) in [5.74, 6) is 5.22. The van der Waals surface area contributed by atoms with E-state index in [1.807, 2.05) is 48.5 Å². The molecule has 0 aliphatic carbocycles. The van der Waals surface area contributed by atoms with Gasteiger partial charge in [-0.3, -0.25) is 9.59 Å². The van der Waals surface area contributed by atoms with Crippen molar-refractivity contribution < 1.29 is 4.79 Å². The number of aryl methyl sites for hydroxylation is 1. The molecule has 3 aromatic rings. The normalized spacial score (nSPS) is 10.1. The molecular weight excluding hydrogens is 300 g/mol. The molecule has 0 unspecified atom stereocenters. The van der Waals surface area contributed by atoms with Crippen LogP contribution in [-0.2, 0) is 11.8 Å². The Kier molecular flexibility index (Phi) is 4.17. The first kappa shape index (κ1) is 15.6. The molecule has 0 saturated heterocycles. The summed E-state index contributed by atoms with van der Waals surface area (Å²) < 4.78 is 1.58. The van der Waals surface area contributed by atoms with E-state index in [1.54, 1.807) is 24.7 Å². The second kappa shape index (κ2) is 6.43. The Balaban J connectivity index is 1.90. The van der Waals surface area contributed by atoms with Gasteiger partial charge in [-0.25, -0.2) is 0 Å². The quantitative estimate of drug-likeness (QED) is 0.648. The van der Waals surface area contributed by atoms with Crippen LogP contribution >= 0.6 is 0 Å². The van der Waals surface area contributed by atoms with Crippen LogP contribution < -0.4 is 10.5 Å². The van der Waals surface area contributed by atoms with Crippen molar-refractivity contribution >= 4 is 22.5 Å². The van der Waals surface area contributed by atoms with Crippen LogP contribution in [0.1, 0.15) is 5.56 Å². The van der Waals surface area contributed by atoms with Gasteiger partial charge >= 0.3 is 5.91 Å². The van der Waals surface area contributed by atoms with Crippen molar-refractivity contribution in [2.75, 3.05) is 11.9 Å². The van der Waals surface area contributed by atoms with Crippen molar-refractivity contribution in [3.05, 3.63) is 76.6 Å². The molecule has 0 aliphatic rings. The average molecular weight is 316 g/mol. The predicted octanol–water partition coefficient (Wildman–Crippen LogP) is 2.55. The van der Waals surface area contributed by atoms with Crippen molar-refractivity contribution in [2.24, 2.45) is 7.05 Å². The fourth-order valence-electron chi connectivity index (χ4n) is 2.43. The first-order valence-electron chi connectivity index (χ1n) is 7.51. The zero-order valence-corrected chi connectivity index (χ0v) is 13.5. The lowest BCUT2D eigenvalue weighted by atomic mass is 10.2. The molecule has 0 bridgehead atoms. The van der Waals surface area contributed by atoms with Crippen LogP contribution in [0.25, 0.3) is 10.9 Å². The van der Waals surface area contributed by atoms with Crippen molar-refractivity contribution in [2.45, 2.75) is 0 Å². The number of nitrogens with zero attached hydrogens (tertiary/aromatic N) is 2. The number of benzene rings is 2. The number of fused-ring (bicyclic) bond motifs is 1. The van der Waals surface area contributed by atoms with Crippen molar-refractivity contribution in [3.8, 4) is 11.8 Å². The number of hydrogen-bond acceptors (Lipinski definition) is 2. The van der Waals surface area contributed by atoms with E-state index >= 15 is 0 Å². The van der Waals surface area contributed by atoms with Crippen LogP contribution in [-0.4, -0.2) is 17.5 Å². The lowest BCUT2D eigenvalue weighted by molar-refractivity contribution is -0.113. The smallest absolute Gasteiger partial charge is 0.302 e. The molecule has 4 heteroatoms. The van der Waals surface area contributed by atoms with E-state index in [0.717, 1.165) is 22.2 Å². The third-order valence-electron chi connectivity index (χ3n) is 3.89. The van der Waals surface area contributed by atoms with Gasteiger partial charge in [0.2, 0.25) is 0 Å². The molecule has 0 spiro atoms. The van der Waals surface area contributed by atoms with Crippen LogP contribution in [0.3, 0.4) is 0 Å². The predicted molar refractivity (Wildman–Crippen MR) is 95.9 cm³/mol. The highest BCUT2D eigenvalue weighted by Crippen LogP contribution is 2.20. The van der Waals surface area contributed by atoms with E-state index in [0.29, 0.717) is 0 Å². The highest BCUT2D eigenvalue weighted by atomic mass is 16.2. The second-order valence-corrected chi connectivity index (χ2v) is 5.45. The van der Waals surface area contributed by atoms with Crippen LogP contribution in [0.5, 0.6) is 0 Å². The van der Waals surface area contributed by atoms with Gasteiger partial charge in [0.1, 0.15) is 0 Å². The summed E-state index contributed by atoms with van der Waals surface area (Å²) in [6, 6.07) is 18.2. The summed E-state index contributed by atoms with van der Waals surface area (Å²) in [5, 5.41) is 0.894. The number of aromatic nitrogens is 1. The molecule has 24 heavy (non-hydrogen) atoms. The van der Waals surface area contributed by atoms with Gasteiger partial charge in [-0.15, -0.1) is 0 Å². The lowest BCUT2D eigenvalue weighted by Crippen LogP contribution is -2.24. The molecule has 0 saturated carbocycles. The summed E-state index contributed by atoms with van der Waals surface area (Å²) in [6.07, 6.45) is 0. The number of amides is 1. The molecule has 0 atom stereocenters. The molecular formula is C20H16N2O2. The molecule has 1 aromatic heterocycles. The first-order valence-corrected chi connectivity index (χ1v) is 7.51. The fraction of sp³-hybridized carbons (Fsp3) is 0.100. The highest BCUT2D eigenvalue weighted by Gasteiger charge is 2.09. The van der Waals surface area contributed by atoms with E-state index in [4.69, 9.17) is 0 Å². The van der Waals surface area contributed by atoms with Crippen molar-refractivity contribution in [1.29, 1.82) is 0 Å². The maximum atomic E-state index is 12.3.